The molecule has 156 valence electrons. The lowest BCUT2D eigenvalue weighted by atomic mass is 9.93. The van der Waals surface area contributed by atoms with Gasteiger partial charge in [0.15, 0.2) is 5.76 Å². The van der Waals surface area contributed by atoms with Crippen LogP contribution >= 0.6 is 0 Å². The van der Waals surface area contributed by atoms with Crippen LogP contribution in [0.2, 0.25) is 0 Å². The van der Waals surface area contributed by atoms with Crippen LogP contribution in [0.3, 0.4) is 0 Å². The molecule has 2 fully saturated rings. The van der Waals surface area contributed by atoms with Crippen molar-refractivity contribution >= 4 is 5.91 Å². The fourth-order valence-corrected chi connectivity index (χ4v) is 4.87. The van der Waals surface area contributed by atoms with Crippen molar-refractivity contribution in [1.82, 2.24) is 10.2 Å². The Hall–Kier alpha value is -2.07. The zero-order valence-corrected chi connectivity index (χ0v) is 17.4. The molecule has 2 aliphatic rings. The first-order valence-corrected chi connectivity index (χ1v) is 11.5. The summed E-state index contributed by atoms with van der Waals surface area (Å²) < 4.78 is 5.99. The average Bonchev–Trinajstić information content (AvgIpc) is 3.24. The quantitative estimate of drug-likeness (QED) is 0.657. The van der Waals surface area contributed by atoms with Crippen LogP contribution in [0.15, 0.2) is 46.9 Å². The van der Waals surface area contributed by atoms with Crippen molar-refractivity contribution in [2.75, 3.05) is 0 Å². The number of hydrogen-bond donors (Lipinski definition) is 1. The van der Waals surface area contributed by atoms with Crippen LogP contribution < -0.4 is 5.32 Å². The number of benzene rings is 1. The molecule has 1 aromatic heterocycles. The molecule has 4 nitrogen and oxygen atoms in total. The van der Waals surface area contributed by atoms with E-state index < -0.39 is 0 Å². The number of carbonyl (C=O) groups excluding carboxylic acids is 1. The van der Waals surface area contributed by atoms with Gasteiger partial charge in [0.25, 0.3) is 5.91 Å². The second kappa shape index (κ2) is 10.1. The van der Waals surface area contributed by atoms with Crippen molar-refractivity contribution in [3.63, 3.8) is 0 Å². The van der Waals surface area contributed by atoms with Crippen LogP contribution in [-0.4, -0.2) is 22.9 Å². The largest absolute Gasteiger partial charge is 0.455 e. The maximum Gasteiger partial charge on any atom is 0.287 e. The Kier molecular flexibility index (Phi) is 7.04. The van der Waals surface area contributed by atoms with Crippen LogP contribution in [0.1, 0.15) is 86.1 Å². The lowest BCUT2D eigenvalue weighted by Crippen LogP contribution is -2.36. The maximum atomic E-state index is 12.6. The number of furan rings is 1. The van der Waals surface area contributed by atoms with Gasteiger partial charge >= 0.3 is 0 Å². The molecule has 2 aliphatic carbocycles. The maximum absolute atomic E-state index is 12.6. The SMILES string of the molecule is O=C(NC1CCCCC1)c1ccc(CN(Cc2ccccc2)C2CCCCC2)o1. The first-order valence-electron chi connectivity index (χ1n) is 11.5. The number of rotatable bonds is 7. The molecule has 1 amide bonds. The lowest BCUT2D eigenvalue weighted by molar-refractivity contribution is 0.0890. The van der Waals surface area contributed by atoms with Crippen molar-refractivity contribution in [1.29, 1.82) is 0 Å². The normalized spacial score (nSPS) is 18.8. The molecule has 2 aromatic rings. The second-order valence-corrected chi connectivity index (χ2v) is 8.76. The molecule has 1 N–H and O–H groups in total. The molecule has 2 saturated carbocycles. The zero-order chi connectivity index (χ0) is 19.9. The van der Waals surface area contributed by atoms with Gasteiger partial charge in [-0.05, 0) is 43.4 Å². The molecular formula is C25H34N2O2. The summed E-state index contributed by atoms with van der Waals surface area (Å²) in [4.78, 5) is 15.1. The van der Waals surface area contributed by atoms with Gasteiger partial charge in [-0.3, -0.25) is 9.69 Å². The molecule has 0 unspecified atom stereocenters. The highest BCUT2D eigenvalue weighted by Gasteiger charge is 2.24. The smallest absolute Gasteiger partial charge is 0.287 e. The minimum atomic E-state index is -0.0598. The first-order chi connectivity index (χ1) is 14.3. The Morgan fingerprint density at radius 3 is 2.28 bits per heavy atom. The molecule has 4 rings (SSSR count). The van der Waals surface area contributed by atoms with Gasteiger partial charge in [0.2, 0.25) is 0 Å². The van der Waals surface area contributed by atoms with Crippen molar-refractivity contribution < 1.29 is 9.21 Å². The summed E-state index contributed by atoms with van der Waals surface area (Å²) >= 11 is 0. The highest BCUT2D eigenvalue weighted by Crippen LogP contribution is 2.26. The Bertz CT molecular complexity index is 758. The van der Waals surface area contributed by atoms with E-state index in [2.05, 4.69) is 40.5 Å². The summed E-state index contributed by atoms with van der Waals surface area (Å²) in [5, 5.41) is 3.16. The van der Waals surface area contributed by atoms with Crippen LogP contribution in [0.5, 0.6) is 0 Å². The summed E-state index contributed by atoms with van der Waals surface area (Å²) in [6.07, 6.45) is 12.4. The highest BCUT2D eigenvalue weighted by atomic mass is 16.4. The Morgan fingerprint density at radius 1 is 0.862 bits per heavy atom. The average molecular weight is 395 g/mol. The van der Waals surface area contributed by atoms with E-state index >= 15 is 0 Å². The molecule has 0 radical (unpaired) electrons. The summed E-state index contributed by atoms with van der Waals surface area (Å²) in [7, 11) is 0. The van der Waals surface area contributed by atoms with Gasteiger partial charge in [-0.15, -0.1) is 0 Å². The van der Waals surface area contributed by atoms with Gasteiger partial charge in [-0.2, -0.15) is 0 Å². The molecule has 0 saturated heterocycles. The number of nitrogens with one attached hydrogen (secondary N) is 1. The van der Waals surface area contributed by atoms with Gasteiger partial charge < -0.3 is 9.73 Å². The van der Waals surface area contributed by atoms with E-state index in [1.807, 2.05) is 12.1 Å². The van der Waals surface area contributed by atoms with Crippen LogP contribution in [0, 0.1) is 0 Å². The number of hydrogen-bond acceptors (Lipinski definition) is 3. The molecule has 1 heterocycles. The topological polar surface area (TPSA) is 45.5 Å². The van der Waals surface area contributed by atoms with E-state index in [0.717, 1.165) is 31.7 Å². The Morgan fingerprint density at radius 2 is 1.55 bits per heavy atom. The van der Waals surface area contributed by atoms with E-state index in [1.165, 1.54) is 56.9 Å². The van der Waals surface area contributed by atoms with E-state index in [0.29, 0.717) is 17.8 Å². The van der Waals surface area contributed by atoms with E-state index in [1.54, 1.807) is 0 Å². The first kappa shape index (κ1) is 20.2. The predicted molar refractivity (Wildman–Crippen MR) is 116 cm³/mol. The Labute approximate surface area is 174 Å². The van der Waals surface area contributed by atoms with Crippen molar-refractivity contribution in [2.24, 2.45) is 0 Å². The summed E-state index contributed by atoms with van der Waals surface area (Å²) in [6, 6.07) is 15.4. The molecular weight excluding hydrogens is 360 g/mol. The fourth-order valence-electron chi connectivity index (χ4n) is 4.87. The van der Waals surface area contributed by atoms with Crippen molar-refractivity contribution in [2.45, 2.75) is 89.4 Å². The molecule has 1 aromatic carbocycles. The number of carbonyl (C=O) groups is 1. The van der Waals surface area contributed by atoms with E-state index in [4.69, 9.17) is 4.42 Å². The zero-order valence-electron chi connectivity index (χ0n) is 17.4. The fraction of sp³-hybridized carbons (Fsp3) is 0.560. The number of amides is 1. The second-order valence-electron chi connectivity index (χ2n) is 8.76. The monoisotopic (exact) mass is 394 g/mol. The van der Waals surface area contributed by atoms with Gasteiger partial charge in [0.1, 0.15) is 5.76 Å². The third-order valence-electron chi connectivity index (χ3n) is 6.50. The Balaban J connectivity index is 1.40. The number of nitrogens with zero attached hydrogens (tertiary/aromatic N) is 1. The van der Waals surface area contributed by atoms with Crippen LogP contribution in [-0.2, 0) is 13.1 Å². The van der Waals surface area contributed by atoms with Crippen LogP contribution in [0.25, 0.3) is 0 Å². The minimum Gasteiger partial charge on any atom is -0.455 e. The molecule has 0 aliphatic heterocycles. The summed E-state index contributed by atoms with van der Waals surface area (Å²) in [6.45, 7) is 1.69. The van der Waals surface area contributed by atoms with Gasteiger partial charge in [-0.25, -0.2) is 0 Å². The van der Waals surface area contributed by atoms with Gasteiger partial charge in [0, 0.05) is 18.6 Å². The van der Waals surface area contributed by atoms with Gasteiger partial charge in [0.05, 0.1) is 6.54 Å². The van der Waals surface area contributed by atoms with Crippen LogP contribution in [0.4, 0.5) is 0 Å². The van der Waals surface area contributed by atoms with Crippen molar-refractivity contribution in [3.05, 3.63) is 59.5 Å². The standard InChI is InChI=1S/C25H34N2O2/c28-25(26-21-12-6-2-7-13-21)24-17-16-23(29-24)19-27(22-14-8-3-9-15-22)18-20-10-4-1-5-11-20/h1,4-5,10-11,16-17,21-22H,2-3,6-9,12-15,18-19H2,(H,26,28). The summed E-state index contributed by atoms with van der Waals surface area (Å²) in [5.41, 5.74) is 1.33. The minimum absolute atomic E-state index is 0.0598. The van der Waals surface area contributed by atoms with E-state index in [9.17, 15) is 4.79 Å². The van der Waals surface area contributed by atoms with E-state index in [-0.39, 0.29) is 5.91 Å². The third kappa shape index (κ3) is 5.72. The summed E-state index contributed by atoms with van der Waals surface area (Å²) in [5.74, 6) is 1.28. The molecule has 4 heteroatoms. The molecule has 0 bridgehead atoms. The molecule has 0 atom stereocenters. The van der Waals surface area contributed by atoms with Crippen molar-refractivity contribution in [3.8, 4) is 0 Å². The molecule has 0 spiro atoms. The predicted octanol–water partition coefficient (Wildman–Crippen LogP) is 5.68. The highest BCUT2D eigenvalue weighted by molar-refractivity contribution is 5.91. The molecule has 29 heavy (non-hydrogen) atoms. The van der Waals surface area contributed by atoms with Gasteiger partial charge in [-0.1, -0.05) is 68.9 Å². The lowest BCUT2D eigenvalue weighted by Gasteiger charge is -2.34. The third-order valence-corrected chi connectivity index (χ3v) is 6.50.